The summed E-state index contributed by atoms with van der Waals surface area (Å²) in [6.45, 7) is 1.59. The van der Waals surface area contributed by atoms with Gasteiger partial charge in [0.25, 0.3) is 0 Å². The van der Waals surface area contributed by atoms with Gasteiger partial charge in [-0.2, -0.15) is 0 Å². The quantitative estimate of drug-likeness (QED) is 0.659. The highest BCUT2D eigenvalue weighted by molar-refractivity contribution is 8.06. The second-order valence-corrected chi connectivity index (χ2v) is 5.39. The molecule has 0 bridgehead atoms. The van der Waals surface area contributed by atoms with Gasteiger partial charge >= 0.3 is 0 Å². The van der Waals surface area contributed by atoms with Crippen LogP contribution in [0.15, 0.2) is 0 Å². The summed E-state index contributed by atoms with van der Waals surface area (Å²) in [5.41, 5.74) is 0. The molecule has 0 unspecified atom stereocenters. The third kappa shape index (κ3) is 1.68. The number of carbonyl (C=O) groups is 1. The lowest BCUT2D eigenvalue weighted by molar-refractivity contribution is -0.111. The maximum Gasteiger partial charge on any atom is 0.246 e. The summed E-state index contributed by atoms with van der Waals surface area (Å²) in [6, 6.07) is 0. The van der Waals surface area contributed by atoms with Gasteiger partial charge in [0.1, 0.15) is 0 Å². The van der Waals surface area contributed by atoms with E-state index < -0.39 is 15.0 Å². The Morgan fingerprint density at radius 2 is 1.83 bits per heavy atom. The molecule has 1 fully saturated rings. The largest absolute Gasteiger partial charge is 0.282 e. The molecule has 0 atom stereocenters. The molecule has 0 aromatic rings. The standard InChI is InChI=1S/C8H14O3S/c1-2-8(9)12(10,11)7-5-3-4-6-7/h7H,2-6H2,1H3. The van der Waals surface area contributed by atoms with E-state index >= 15 is 0 Å². The number of hydrogen-bond acceptors (Lipinski definition) is 3. The Morgan fingerprint density at radius 3 is 2.25 bits per heavy atom. The number of sulfone groups is 1. The fraction of sp³-hybridized carbons (Fsp3) is 0.875. The maximum absolute atomic E-state index is 11.4. The number of carbonyl (C=O) groups excluding carboxylic acids is 1. The van der Waals surface area contributed by atoms with E-state index in [9.17, 15) is 13.2 Å². The van der Waals surface area contributed by atoms with Crippen molar-refractivity contribution in [1.82, 2.24) is 0 Å². The molecule has 1 saturated carbocycles. The minimum Gasteiger partial charge on any atom is -0.282 e. The molecule has 70 valence electrons. The number of rotatable bonds is 2. The summed E-state index contributed by atoms with van der Waals surface area (Å²) in [5, 5.41) is -0.959. The molecular formula is C8H14O3S. The highest BCUT2D eigenvalue weighted by atomic mass is 32.2. The van der Waals surface area contributed by atoms with Crippen molar-refractivity contribution in [3.63, 3.8) is 0 Å². The summed E-state index contributed by atoms with van der Waals surface area (Å²) in [6.07, 6.45) is 3.35. The lowest BCUT2D eigenvalue weighted by Crippen LogP contribution is -2.25. The number of hydrogen-bond donors (Lipinski definition) is 0. The van der Waals surface area contributed by atoms with Gasteiger partial charge in [0.2, 0.25) is 15.0 Å². The molecule has 0 aliphatic heterocycles. The van der Waals surface area contributed by atoms with Crippen LogP contribution in [0.1, 0.15) is 39.0 Å². The smallest absolute Gasteiger partial charge is 0.246 e. The van der Waals surface area contributed by atoms with Gasteiger partial charge in [0.15, 0.2) is 0 Å². The van der Waals surface area contributed by atoms with Crippen LogP contribution in [0.3, 0.4) is 0 Å². The van der Waals surface area contributed by atoms with Crippen LogP contribution < -0.4 is 0 Å². The Bertz CT molecular complexity index is 260. The normalized spacial score (nSPS) is 19.8. The Kier molecular flexibility index (Phi) is 2.88. The molecule has 0 N–H and O–H groups in total. The minimum absolute atomic E-state index is 0.110. The van der Waals surface area contributed by atoms with Crippen LogP contribution >= 0.6 is 0 Å². The summed E-state index contributed by atoms with van der Waals surface area (Å²) in [4.78, 5) is 11.0. The molecule has 0 heterocycles. The molecule has 1 rings (SSSR count). The molecule has 0 aromatic carbocycles. The zero-order chi connectivity index (χ0) is 9.19. The average molecular weight is 190 g/mol. The monoisotopic (exact) mass is 190 g/mol. The van der Waals surface area contributed by atoms with E-state index in [1.165, 1.54) is 0 Å². The minimum atomic E-state index is -3.43. The summed E-state index contributed by atoms with van der Waals surface area (Å²) in [7, 11) is -3.43. The third-order valence-electron chi connectivity index (χ3n) is 2.35. The first-order chi connectivity index (χ1) is 5.59. The first-order valence-electron chi connectivity index (χ1n) is 4.35. The topological polar surface area (TPSA) is 51.2 Å². The van der Waals surface area contributed by atoms with E-state index in [1.807, 2.05) is 0 Å². The van der Waals surface area contributed by atoms with Crippen LogP contribution in [-0.2, 0) is 14.6 Å². The van der Waals surface area contributed by atoms with E-state index in [1.54, 1.807) is 6.92 Å². The van der Waals surface area contributed by atoms with Gasteiger partial charge in [-0.3, -0.25) is 4.79 Å². The molecule has 0 spiro atoms. The highest BCUT2D eigenvalue weighted by Crippen LogP contribution is 2.25. The maximum atomic E-state index is 11.4. The Labute approximate surface area is 73.1 Å². The summed E-state index contributed by atoms with van der Waals surface area (Å²) < 4.78 is 22.8. The Morgan fingerprint density at radius 1 is 1.33 bits per heavy atom. The summed E-state index contributed by atoms with van der Waals surface area (Å²) >= 11 is 0. The third-order valence-corrected chi connectivity index (χ3v) is 4.62. The molecule has 0 amide bonds. The first-order valence-corrected chi connectivity index (χ1v) is 5.90. The highest BCUT2D eigenvalue weighted by Gasteiger charge is 2.33. The average Bonchev–Trinajstić information content (AvgIpc) is 2.55. The van der Waals surface area contributed by atoms with Crippen LogP contribution in [0.4, 0.5) is 0 Å². The van der Waals surface area contributed by atoms with E-state index in [4.69, 9.17) is 0 Å². The second kappa shape index (κ2) is 3.56. The van der Waals surface area contributed by atoms with E-state index in [0.29, 0.717) is 12.8 Å². The summed E-state index contributed by atoms with van der Waals surface area (Å²) in [5.74, 6) is 0. The van der Waals surface area contributed by atoms with Crippen LogP contribution in [-0.4, -0.2) is 18.8 Å². The van der Waals surface area contributed by atoms with Gasteiger partial charge in [-0.05, 0) is 12.8 Å². The molecule has 0 saturated heterocycles. The molecule has 0 aromatic heterocycles. The van der Waals surface area contributed by atoms with Crippen molar-refractivity contribution in [3.8, 4) is 0 Å². The Balaban J connectivity index is 2.77. The predicted octanol–water partition coefficient (Wildman–Crippen LogP) is 1.28. The van der Waals surface area contributed by atoms with E-state index in [2.05, 4.69) is 0 Å². The predicted molar refractivity (Wildman–Crippen MR) is 46.5 cm³/mol. The van der Waals surface area contributed by atoms with Crippen molar-refractivity contribution < 1.29 is 13.2 Å². The molecule has 1 aliphatic carbocycles. The van der Waals surface area contributed by atoms with Gasteiger partial charge in [-0.25, -0.2) is 8.42 Å². The SMILES string of the molecule is CCC(=O)S(=O)(=O)C1CCCC1. The molecule has 3 nitrogen and oxygen atoms in total. The first kappa shape index (κ1) is 9.71. The molecule has 0 radical (unpaired) electrons. The van der Waals surface area contributed by atoms with Gasteiger partial charge < -0.3 is 0 Å². The van der Waals surface area contributed by atoms with Crippen molar-refractivity contribution in [2.24, 2.45) is 0 Å². The van der Waals surface area contributed by atoms with Crippen LogP contribution in [0.25, 0.3) is 0 Å². The van der Waals surface area contributed by atoms with Crippen LogP contribution in [0.2, 0.25) is 0 Å². The van der Waals surface area contributed by atoms with Crippen LogP contribution in [0.5, 0.6) is 0 Å². The van der Waals surface area contributed by atoms with Crippen molar-refractivity contribution in [2.45, 2.75) is 44.3 Å². The fourth-order valence-corrected chi connectivity index (χ4v) is 3.31. The zero-order valence-corrected chi connectivity index (χ0v) is 8.06. The van der Waals surface area contributed by atoms with Crippen molar-refractivity contribution >= 4 is 15.0 Å². The fourth-order valence-electron chi connectivity index (χ4n) is 1.59. The van der Waals surface area contributed by atoms with Crippen molar-refractivity contribution in [2.75, 3.05) is 0 Å². The van der Waals surface area contributed by atoms with Crippen molar-refractivity contribution in [1.29, 1.82) is 0 Å². The Hall–Kier alpha value is -0.380. The molecule has 1 aliphatic rings. The van der Waals surface area contributed by atoms with E-state index in [-0.39, 0.29) is 11.7 Å². The lowest BCUT2D eigenvalue weighted by Gasteiger charge is -2.07. The van der Waals surface area contributed by atoms with Gasteiger partial charge in [-0.15, -0.1) is 0 Å². The van der Waals surface area contributed by atoms with Gasteiger partial charge in [0, 0.05) is 6.42 Å². The van der Waals surface area contributed by atoms with Gasteiger partial charge in [0.05, 0.1) is 5.25 Å². The zero-order valence-electron chi connectivity index (χ0n) is 7.25. The van der Waals surface area contributed by atoms with Gasteiger partial charge in [-0.1, -0.05) is 19.8 Å². The second-order valence-electron chi connectivity index (χ2n) is 3.18. The molecular weight excluding hydrogens is 176 g/mol. The molecule has 12 heavy (non-hydrogen) atoms. The van der Waals surface area contributed by atoms with Crippen LogP contribution in [0, 0.1) is 0 Å². The van der Waals surface area contributed by atoms with Crippen molar-refractivity contribution in [3.05, 3.63) is 0 Å². The molecule has 4 heteroatoms. The lowest BCUT2D eigenvalue weighted by atomic mass is 10.4. The van der Waals surface area contributed by atoms with E-state index in [0.717, 1.165) is 12.8 Å².